The van der Waals surface area contributed by atoms with Crippen LogP contribution in [0.15, 0.2) is 182 Å². The lowest BCUT2D eigenvalue weighted by Gasteiger charge is -2.21. The van der Waals surface area contributed by atoms with Gasteiger partial charge in [0.15, 0.2) is 12.2 Å². The van der Waals surface area contributed by atoms with E-state index in [0.29, 0.717) is 25.7 Å². The van der Waals surface area contributed by atoms with Crippen molar-refractivity contribution in [3.8, 4) is 0 Å². The zero-order valence-corrected chi connectivity index (χ0v) is 67.3. The predicted octanol–water partition coefficient (Wildman–Crippen LogP) is 23.6. The zero-order valence-electron chi connectivity index (χ0n) is 65.5. The molecule has 0 aliphatic rings. The predicted molar refractivity (Wildman–Crippen MR) is 436 cm³/mol. The Hall–Kier alpha value is -5.84. The van der Waals surface area contributed by atoms with Gasteiger partial charge in [-0.1, -0.05) is 287 Å². The van der Waals surface area contributed by atoms with E-state index in [4.69, 9.17) is 37.0 Å². The Labute approximate surface area is 641 Å². The minimum Gasteiger partial charge on any atom is -0.462 e. The van der Waals surface area contributed by atoms with E-state index in [1.165, 1.54) is 0 Å². The summed E-state index contributed by atoms with van der Waals surface area (Å²) in [6.07, 6.45) is 93.3. The van der Waals surface area contributed by atoms with E-state index < -0.39 is 97.5 Å². The van der Waals surface area contributed by atoms with Crippen LogP contribution in [0.4, 0.5) is 0 Å². The van der Waals surface area contributed by atoms with Gasteiger partial charge in [0.2, 0.25) is 0 Å². The van der Waals surface area contributed by atoms with E-state index in [0.717, 1.165) is 205 Å². The highest BCUT2D eigenvalue weighted by Crippen LogP contribution is 2.45. The summed E-state index contributed by atoms with van der Waals surface area (Å²) in [5.74, 6) is -2.39. The second kappa shape index (κ2) is 77.3. The van der Waals surface area contributed by atoms with Gasteiger partial charge in [-0.3, -0.25) is 37.3 Å². The zero-order chi connectivity index (χ0) is 77.4. The smallest absolute Gasteiger partial charge is 0.462 e. The third-order valence-corrected chi connectivity index (χ3v) is 17.8. The molecule has 0 saturated heterocycles. The van der Waals surface area contributed by atoms with Gasteiger partial charge in [-0.05, 0) is 154 Å². The normalized spacial score (nSPS) is 14.8. The van der Waals surface area contributed by atoms with Crippen molar-refractivity contribution in [2.75, 3.05) is 39.6 Å². The van der Waals surface area contributed by atoms with Gasteiger partial charge in [0, 0.05) is 19.3 Å². The Morgan fingerprint density at radius 3 is 0.792 bits per heavy atom. The lowest BCUT2D eigenvalue weighted by Crippen LogP contribution is -2.30. The number of aliphatic hydroxyl groups is 1. The molecule has 0 heterocycles. The fourth-order valence-electron chi connectivity index (χ4n) is 9.96. The molecule has 0 bridgehead atoms. The summed E-state index contributed by atoms with van der Waals surface area (Å²) in [6.45, 7) is 4.25. The molecule has 5 atom stereocenters. The Kier molecular flexibility index (Phi) is 73.1. The molecule has 0 saturated carbocycles. The fraction of sp³-hybridized carbons (Fsp3) is 0.609. The molecule has 0 radical (unpaired) electrons. The van der Waals surface area contributed by atoms with Crippen LogP contribution >= 0.6 is 15.6 Å². The van der Waals surface area contributed by atoms with Crippen LogP contribution in [0.2, 0.25) is 0 Å². The van der Waals surface area contributed by atoms with Crippen molar-refractivity contribution in [3.05, 3.63) is 182 Å². The van der Waals surface area contributed by atoms with E-state index >= 15 is 0 Å². The molecule has 600 valence electrons. The molecule has 0 spiro atoms. The second-order valence-electron chi connectivity index (χ2n) is 25.8. The number of rotatable bonds is 73. The third-order valence-electron chi connectivity index (χ3n) is 15.9. The van der Waals surface area contributed by atoms with Crippen LogP contribution in [0.3, 0.4) is 0 Å². The van der Waals surface area contributed by atoms with Gasteiger partial charge in [0.1, 0.15) is 19.3 Å². The van der Waals surface area contributed by atoms with Gasteiger partial charge in [-0.15, -0.1) is 0 Å². The van der Waals surface area contributed by atoms with Crippen LogP contribution in [-0.4, -0.2) is 96.7 Å². The molecule has 0 aliphatic carbocycles. The van der Waals surface area contributed by atoms with Crippen LogP contribution in [0, 0.1) is 0 Å². The second-order valence-corrected chi connectivity index (χ2v) is 28.8. The number of hydrogen-bond donors (Lipinski definition) is 3. The Bertz CT molecular complexity index is 2730. The summed E-state index contributed by atoms with van der Waals surface area (Å²) in [6, 6.07) is 0. The van der Waals surface area contributed by atoms with E-state index in [1.807, 2.05) is 12.2 Å². The quantitative estimate of drug-likeness (QED) is 0.0169. The highest BCUT2D eigenvalue weighted by atomic mass is 31.2. The van der Waals surface area contributed by atoms with Crippen molar-refractivity contribution in [1.29, 1.82) is 0 Å². The lowest BCUT2D eigenvalue weighted by atomic mass is 10.1. The summed E-state index contributed by atoms with van der Waals surface area (Å²) < 4.78 is 68.5. The molecule has 19 heteroatoms. The highest BCUT2D eigenvalue weighted by Gasteiger charge is 2.30. The topological polar surface area (TPSA) is 237 Å². The van der Waals surface area contributed by atoms with Crippen molar-refractivity contribution in [2.24, 2.45) is 0 Å². The first kappa shape index (κ1) is 100. The number of phosphoric ester groups is 2. The Morgan fingerprint density at radius 2 is 0.500 bits per heavy atom. The molecule has 0 aliphatic heterocycles. The minimum atomic E-state index is -5.02. The number of esters is 4. The van der Waals surface area contributed by atoms with E-state index in [-0.39, 0.29) is 25.7 Å². The van der Waals surface area contributed by atoms with Gasteiger partial charge >= 0.3 is 39.5 Å². The molecular weight excluding hydrogens is 1380 g/mol. The van der Waals surface area contributed by atoms with Crippen molar-refractivity contribution in [3.63, 3.8) is 0 Å². The van der Waals surface area contributed by atoms with Crippen molar-refractivity contribution >= 4 is 39.5 Å². The fourth-order valence-corrected chi connectivity index (χ4v) is 11.5. The van der Waals surface area contributed by atoms with E-state index in [2.05, 4.69) is 186 Å². The van der Waals surface area contributed by atoms with Crippen LogP contribution in [0.25, 0.3) is 0 Å². The van der Waals surface area contributed by atoms with Crippen LogP contribution in [0.1, 0.15) is 285 Å². The summed E-state index contributed by atoms with van der Waals surface area (Å²) in [7, 11) is -10.0. The Morgan fingerprint density at radius 1 is 0.274 bits per heavy atom. The number of allylic oxidation sites excluding steroid dienone is 29. The molecular formula is C87H140O17P2. The minimum absolute atomic E-state index is 0.0686. The molecule has 0 aromatic heterocycles. The number of phosphoric acid groups is 2. The number of carbonyl (C=O) groups excluding carboxylic acids is 4. The third kappa shape index (κ3) is 76.4. The molecule has 106 heavy (non-hydrogen) atoms. The molecule has 0 aromatic rings. The van der Waals surface area contributed by atoms with Crippen LogP contribution in [0.5, 0.6) is 0 Å². The molecule has 0 fully saturated rings. The highest BCUT2D eigenvalue weighted by molar-refractivity contribution is 7.47. The molecule has 0 aromatic carbocycles. The van der Waals surface area contributed by atoms with Gasteiger partial charge < -0.3 is 33.8 Å². The van der Waals surface area contributed by atoms with Gasteiger partial charge in [0.05, 0.1) is 32.8 Å². The number of aliphatic hydroxyl groups excluding tert-OH is 1. The maximum absolute atomic E-state index is 13.1. The maximum Gasteiger partial charge on any atom is 0.472 e. The molecule has 5 unspecified atom stereocenters. The van der Waals surface area contributed by atoms with Crippen molar-refractivity contribution in [2.45, 2.75) is 303 Å². The van der Waals surface area contributed by atoms with Gasteiger partial charge in [-0.25, -0.2) is 9.13 Å². The monoisotopic (exact) mass is 1520 g/mol. The number of hydrogen-bond acceptors (Lipinski definition) is 15. The van der Waals surface area contributed by atoms with Crippen LogP contribution in [-0.2, 0) is 65.4 Å². The average molecular weight is 1520 g/mol. The summed E-state index contributed by atoms with van der Waals surface area (Å²) in [5.41, 5.74) is 0. The molecule has 0 amide bonds. The van der Waals surface area contributed by atoms with Crippen molar-refractivity contribution in [1.82, 2.24) is 0 Å². The summed E-state index contributed by atoms with van der Waals surface area (Å²) >= 11 is 0. The number of ether oxygens (including phenoxy) is 4. The van der Waals surface area contributed by atoms with Gasteiger partial charge in [-0.2, -0.15) is 0 Å². The number of carbonyl (C=O) groups is 4. The van der Waals surface area contributed by atoms with E-state index in [9.17, 15) is 43.2 Å². The SMILES string of the molecule is CC/C=C\C/C=C\C/C=C\C/C=C\C/C=C\CC(=O)OC(COC(=O)CCCCCCCCC/C=C\C/C=C\C/C=C\CC)COP(=O)(O)OCC(O)COP(=O)(O)OCC(COC(=O)CCCCCC/C=C\C/C=C\C/C=C\C/C=C\CC)OC(=O)CCCCCCCCC/C=C\C/C=C\C/C=C\CC. The average Bonchev–Trinajstić information content (AvgIpc) is 0.909. The summed E-state index contributed by atoms with van der Waals surface area (Å²) in [4.78, 5) is 73.0. The number of unbranched alkanes of at least 4 members (excludes halogenated alkanes) is 18. The first-order valence-electron chi connectivity index (χ1n) is 40.0. The first-order valence-corrected chi connectivity index (χ1v) is 43.0. The van der Waals surface area contributed by atoms with E-state index in [1.54, 1.807) is 12.2 Å². The first-order chi connectivity index (χ1) is 51.7. The van der Waals surface area contributed by atoms with Crippen molar-refractivity contribution < 1.29 is 80.2 Å². The van der Waals surface area contributed by atoms with Gasteiger partial charge in [0.25, 0.3) is 0 Å². The molecule has 17 nitrogen and oxygen atoms in total. The maximum atomic E-state index is 13.1. The lowest BCUT2D eigenvalue weighted by molar-refractivity contribution is -0.161. The van der Waals surface area contributed by atoms with Crippen LogP contribution < -0.4 is 0 Å². The summed E-state index contributed by atoms with van der Waals surface area (Å²) in [5, 5.41) is 10.6. The largest absolute Gasteiger partial charge is 0.472 e. The standard InChI is InChI=1S/C87H140O17P2/c1-5-9-13-17-21-25-29-33-37-40-44-47-51-55-59-63-67-71-84(89)97-77-82(103-86(91)73-69-65-61-57-53-49-43-36-32-28-24-20-16-12-8-4)79-101-105(93,94)99-75-81(88)76-100-106(95,96)102-80-83(104-87(92)74-70-66-62-58-54-50-46-42-39-35-31-27-23-19-15-11-7-3)78-98-85(90)72-68-64-60-56-52-48-45-41-38-34-30-26-22-18-14-10-6-2/h9-16,21-28,33-39,43,45,48,53,57,65,69,81-83,88H,5-8,17-20,29-32,40-42,44,46-47,49-52,54-56,58-64,66-68,70-80H2,1-4H3,(H,93,94)(H,95,96)/b13-9-,14-10-,15-11-,16-12-,25-21-,26-22-,27-23-,28-24-,37-33-,38-34-,39-35-,43-36-,48-45-,57-53-,69-65-. The molecule has 0 rings (SSSR count). The molecule has 3 N–H and O–H groups in total. The Balaban J connectivity index is 5.48.